The van der Waals surface area contributed by atoms with Crippen LogP contribution < -0.4 is 14.9 Å². The van der Waals surface area contributed by atoms with Gasteiger partial charge in [0, 0.05) is 24.0 Å². The zero-order valence-electron chi connectivity index (χ0n) is 19.1. The second-order valence-electron chi connectivity index (χ2n) is 8.73. The number of methoxy groups -OCH3 is 1. The summed E-state index contributed by atoms with van der Waals surface area (Å²) in [7, 11) is -2.99. The van der Waals surface area contributed by atoms with Crippen molar-refractivity contribution < 1.29 is 17.9 Å². The molecule has 2 heterocycles. The van der Waals surface area contributed by atoms with E-state index in [1.807, 2.05) is 25.5 Å². The fourth-order valence-corrected chi connectivity index (χ4v) is 4.75. The van der Waals surface area contributed by atoms with Crippen LogP contribution in [0.2, 0.25) is 0 Å². The minimum absolute atomic E-state index is 0.0876. The zero-order valence-corrected chi connectivity index (χ0v) is 19.9. The molecule has 0 saturated heterocycles. The quantitative estimate of drug-likeness (QED) is 0.452. The first-order valence-corrected chi connectivity index (χ1v) is 11.9. The van der Waals surface area contributed by atoms with E-state index in [0.29, 0.717) is 11.2 Å². The number of H-pyrrole nitrogens is 1. The van der Waals surface area contributed by atoms with Crippen molar-refractivity contribution in [3.05, 3.63) is 82.4 Å². The number of carbonyl (C=O) groups is 1. The predicted octanol–water partition coefficient (Wildman–Crippen LogP) is 3.14. The fourth-order valence-electron chi connectivity index (χ4n) is 3.59. The normalized spacial score (nSPS) is 12.0. The maximum atomic E-state index is 13.1. The Morgan fingerprint density at radius 2 is 1.91 bits per heavy atom. The molecule has 176 valence electrons. The van der Waals surface area contributed by atoms with Crippen LogP contribution in [0.25, 0.3) is 16.6 Å². The summed E-state index contributed by atoms with van der Waals surface area (Å²) in [6, 6.07) is 11.5. The number of hydrogen-bond acceptors (Lipinski definition) is 6. The van der Waals surface area contributed by atoms with Crippen LogP contribution in [0.1, 0.15) is 36.7 Å². The van der Waals surface area contributed by atoms with E-state index in [1.165, 1.54) is 19.4 Å². The highest BCUT2D eigenvalue weighted by atomic mass is 32.2. The van der Waals surface area contributed by atoms with Crippen molar-refractivity contribution in [1.82, 2.24) is 19.5 Å². The molecule has 0 aliphatic heterocycles. The summed E-state index contributed by atoms with van der Waals surface area (Å²) >= 11 is 0. The Bertz CT molecular complexity index is 1550. The average Bonchev–Trinajstić information content (AvgIpc) is 3.32. The van der Waals surface area contributed by atoms with Crippen LogP contribution in [0.5, 0.6) is 5.75 Å². The lowest BCUT2D eigenvalue weighted by molar-refractivity contribution is 0.0980. The number of benzene rings is 2. The molecule has 10 heteroatoms. The lowest BCUT2D eigenvalue weighted by atomic mass is 9.87. The Balaban J connectivity index is 1.74. The Labute approximate surface area is 196 Å². The van der Waals surface area contributed by atoms with Crippen LogP contribution in [0.4, 0.5) is 0 Å². The third kappa shape index (κ3) is 4.19. The number of hydrogen-bond donors (Lipinski definition) is 2. The van der Waals surface area contributed by atoms with Gasteiger partial charge in [-0.2, -0.15) is 5.10 Å². The number of rotatable bonds is 5. The van der Waals surface area contributed by atoms with E-state index in [2.05, 4.69) is 10.1 Å². The summed E-state index contributed by atoms with van der Waals surface area (Å²) in [4.78, 5) is 28.8. The number of aromatic nitrogens is 3. The molecule has 4 aromatic rings. The van der Waals surface area contributed by atoms with Gasteiger partial charge in [0.15, 0.2) is 0 Å². The molecular weight excluding hydrogens is 456 g/mol. The monoisotopic (exact) mass is 480 g/mol. The maximum absolute atomic E-state index is 13.1. The summed E-state index contributed by atoms with van der Waals surface area (Å²) in [5, 5.41) is 4.40. The third-order valence-electron chi connectivity index (χ3n) is 5.43. The van der Waals surface area contributed by atoms with Gasteiger partial charge in [0.25, 0.3) is 15.9 Å². The first-order valence-electron chi connectivity index (χ1n) is 10.4. The van der Waals surface area contributed by atoms with Crippen LogP contribution in [0.15, 0.2) is 70.7 Å². The Kier molecular flexibility index (Phi) is 5.78. The molecule has 0 fully saturated rings. The summed E-state index contributed by atoms with van der Waals surface area (Å²) < 4.78 is 35.0. The highest BCUT2D eigenvalue weighted by Gasteiger charge is 2.27. The van der Waals surface area contributed by atoms with Gasteiger partial charge in [-0.05, 0) is 41.3 Å². The average molecular weight is 481 g/mol. The molecule has 9 nitrogen and oxygen atoms in total. The van der Waals surface area contributed by atoms with Crippen LogP contribution in [-0.4, -0.2) is 36.2 Å². The Morgan fingerprint density at radius 3 is 2.56 bits per heavy atom. The van der Waals surface area contributed by atoms with Crippen LogP contribution in [0.3, 0.4) is 0 Å². The van der Waals surface area contributed by atoms with Crippen molar-refractivity contribution in [2.75, 3.05) is 7.11 Å². The molecule has 34 heavy (non-hydrogen) atoms. The van der Waals surface area contributed by atoms with Gasteiger partial charge < -0.3 is 9.72 Å². The van der Waals surface area contributed by atoms with Crippen molar-refractivity contribution in [2.45, 2.75) is 31.1 Å². The highest BCUT2D eigenvalue weighted by Crippen LogP contribution is 2.30. The van der Waals surface area contributed by atoms with Crippen molar-refractivity contribution in [3.8, 4) is 11.4 Å². The minimum Gasteiger partial charge on any atom is -0.495 e. The van der Waals surface area contributed by atoms with E-state index in [0.717, 1.165) is 5.56 Å². The maximum Gasteiger partial charge on any atom is 0.270 e. The Morgan fingerprint density at radius 1 is 1.15 bits per heavy atom. The van der Waals surface area contributed by atoms with E-state index >= 15 is 0 Å². The lowest BCUT2D eigenvalue weighted by Gasteiger charge is -2.21. The molecule has 2 aromatic carbocycles. The molecule has 4 rings (SSSR count). The van der Waals surface area contributed by atoms with Gasteiger partial charge in [-0.25, -0.2) is 17.8 Å². The molecule has 0 saturated carbocycles. The van der Waals surface area contributed by atoms with Crippen molar-refractivity contribution >= 4 is 26.8 Å². The lowest BCUT2D eigenvalue weighted by Crippen LogP contribution is -2.34. The van der Waals surface area contributed by atoms with E-state index < -0.39 is 21.4 Å². The number of nitrogens with zero attached hydrogens (tertiary/aromatic N) is 2. The third-order valence-corrected chi connectivity index (χ3v) is 6.79. The van der Waals surface area contributed by atoms with Crippen molar-refractivity contribution in [2.24, 2.45) is 0 Å². The Hall–Kier alpha value is -3.92. The molecule has 0 radical (unpaired) electrons. The minimum atomic E-state index is -4.34. The van der Waals surface area contributed by atoms with Gasteiger partial charge in [-0.1, -0.05) is 32.9 Å². The SMILES string of the molecule is COc1ccc(C(C)(C)C)cc1S(=O)(=O)NC(=O)c1c[nH]c2c(-n3cccn3)cccc2c1=O. The number of para-hydroxylation sites is 1. The van der Waals surface area contributed by atoms with E-state index in [1.54, 1.807) is 53.5 Å². The molecule has 0 bridgehead atoms. The number of fused-ring (bicyclic) bond motifs is 1. The summed E-state index contributed by atoms with van der Waals surface area (Å²) in [6.07, 6.45) is 4.53. The molecule has 1 amide bonds. The zero-order chi connectivity index (χ0) is 24.7. The largest absolute Gasteiger partial charge is 0.495 e. The molecule has 0 spiro atoms. The molecule has 0 unspecified atom stereocenters. The molecule has 0 atom stereocenters. The van der Waals surface area contributed by atoms with E-state index in [-0.39, 0.29) is 27.0 Å². The number of nitrogens with one attached hydrogen (secondary N) is 2. The van der Waals surface area contributed by atoms with Gasteiger partial charge in [0.1, 0.15) is 16.2 Å². The first-order chi connectivity index (χ1) is 16.0. The highest BCUT2D eigenvalue weighted by molar-refractivity contribution is 7.90. The number of amides is 1. The van der Waals surface area contributed by atoms with Gasteiger partial charge in [0.2, 0.25) is 5.43 Å². The second kappa shape index (κ2) is 8.45. The second-order valence-corrected chi connectivity index (χ2v) is 10.4. The summed E-state index contributed by atoms with van der Waals surface area (Å²) in [5.74, 6) is -0.958. The number of pyridine rings is 1. The number of ether oxygens (including phenoxy) is 1. The summed E-state index contributed by atoms with van der Waals surface area (Å²) in [6.45, 7) is 5.82. The van der Waals surface area contributed by atoms with Gasteiger partial charge in [-0.15, -0.1) is 0 Å². The van der Waals surface area contributed by atoms with Crippen molar-refractivity contribution in [3.63, 3.8) is 0 Å². The molecule has 2 N–H and O–H groups in total. The molecule has 0 aliphatic rings. The number of carbonyl (C=O) groups excluding carboxylic acids is 1. The van der Waals surface area contributed by atoms with Crippen LogP contribution >= 0.6 is 0 Å². The fraction of sp³-hybridized carbons (Fsp3) is 0.208. The smallest absolute Gasteiger partial charge is 0.270 e. The molecule has 2 aromatic heterocycles. The number of sulfonamides is 1. The topological polar surface area (TPSA) is 123 Å². The summed E-state index contributed by atoms with van der Waals surface area (Å²) in [5.41, 5.74) is 0.557. The molecular formula is C24H24N4O5S. The van der Waals surface area contributed by atoms with E-state index in [9.17, 15) is 18.0 Å². The van der Waals surface area contributed by atoms with Crippen LogP contribution in [-0.2, 0) is 15.4 Å². The van der Waals surface area contributed by atoms with Gasteiger partial charge >= 0.3 is 0 Å². The van der Waals surface area contributed by atoms with Crippen LogP contribution in [0, 0.1) is 0 Å². The predicted molar refractivity (Wildman–Crippen MR) is 128 cm³/mol. The van der Waals surface area contributed by atoms with E-state index in [4.69, 9.17) is 4.74 Å². The van der Waals surface area contributed by atoms with Gasteiger partial charge in [0.05, 0.1) is 18.3 Å². The van der Waals surface area contributed by atoms with Gasteiger partial charge in [-0.3, -0.25) is 9.59 Å². The first kappa shape index (κ1) is 23.2. The van der Waals surface area contributed by atoms with Crippen molar-refractivity contribution in [1.29, 1.82) is 0 Å². The number of aromatic amines is 1. The molecule has 0 aliphatic carbocycles. The standard InChI is InChI=1S/C24H24N4O5S/c1-24(2,3)15-9-10-19(33-4)20(13-15)34(31,32)27-23(30)17-14-25-21-16(22(17)29)7-5-8-18(21)28-12-6-11-26-28/h5-14H,1-4H3,(H,25,29)(H,27,30).